The lowest BCUT2D eigenvalue weighted by Gasteiger charge is -2.21. The average Bonchev–Trinajstić information content (AvgIpc) is 2.38. The Hall–Kier alpha value is -1.80. The highest BCUT2D eigenvalue weighted by molar-refractivity contribution is 5.48. The van der Waals surface area contributed by atoms with Crippen molar-refractivity contribution in [1.82, 2.24) is 4.98 Å². The summed E-state index contributed by atoms with van der Waals surface area (Å²) in [6, 6.07) is 3.61. The number of aromatic nitrogens is 1. The van der Waals surface area contributed by atoms with Crippen LogP contribution in [0.2, 0.25) is 0 Å². The molecule has 1 fully saturated rings. The Bertz CT molecular complexity index is 422. The summed E-state index contributed by atoms with van der Waals surface area (Å²) < 4.78 is 10.9. The number of hydrogen-bond acceptors (Lipinski definition) is 5. The molecule has 0 radical (unpaired) electrons. The third-order valence-electron chi connectivity index (χ3n) is 2.79. The molecule has 0 saturated carbocycles. The molecule has 0 aromatic carbocycles. The monoisotopic (exact) mass is 233 g/mol. The zero-order valence-electron chi connectivity index (χ0n) is 9.56. The van der Waals surface area contributed by atoms with Gasteiger partial charge in [-0.05, 0) is 24.8 Å². The maximum Gasteiger partial charge on any atom is 0.231 e. The van der Waals surface area contributed by atoms with Gasteiger partial charge in [-0.15, -0.1) is 0 Å². The van der Waals surface area contributed by atoms with Crippen LogP contribution in [-0.4, -0.2) is 24.8 Å². The molecule has 2 rings (SSSR count). The van der Waals surface area contributed by atoms with Crippen LogP contribution in [0.1, 0.15) is 18.4 Å². The molecule has 2 heterocycles. The fourth-order valence-corrected chi connectivity index (χ4v) is 1.77. The van der Waals surface area contributed by atoms with Crippen molar-refractivity contribution in [1.29, 1.82) is 5.26 Å². The Morgan fingerprint density at radius 1 is 1.53 bits per heavy atom. The van der Waals surface area contributed by atoms with Crippen LogP contribution >= 0.6 is 0 Å². The summed E-state index contributed by atoms with van der Waals surface area (Å²) in [6.45, 7) is 2.15. The summed E-state index contributed by atoms with van der Waals surface area (Å²) in [7, 11) is 0. The predicted molar refractivity (Wildman–Crippen MR) is 62.4 cm³/mol. The zero-order chi connectivity index (χ0) is 12.1. The van der Waals surface area contributed by atoms with Gasteiger partial charge in [0.15, 0.2) is 0 Å². The molecular formula is C12H15N3O2. The van der Waals surface area contributed by atoms with Gasteiger partial charge in [0.1, 0.15) is 11.6 Å². The summed E-state index contributed by atoms with van der Waals surface area (Å²) in [6.07, 6.45) is 3.49. The Morgan fingerprint density at radius 2 is 2.29 bits per heavy atom. The van der Waals surface area contributed by atoms with Gasteiger partial charge in [0.05, 0.1) is 18.5 Å². The summed E-state index contributed by atoms with van der Waals surface area (Å²) >= 11 is 0. The first-order chi connectivity index (χ1) is 8.29. The number of nitriles is 1. The molecule has 5 nitrogen and oxygen atoms in total. The van der Waals surface area contributed by atoms with Gasteiger partial charge in [0.2, 0.25) is 5.88 Å². The maximum absolute atomic E-state index is 8.93. The number of anilines is 1. The van der Waals surface area contributed by atoms with E-state index in [0.717, 1.165) is 26.1 Å². The third-order valence-corrected chi connectivity index (χ3v) is 2.79. The van der Waals surface area contributed by atoms with Gasteiger partial charge in [0, 0.05) is 13.2 Å². The Balaban J connectivity index is 1.96. The van der Waals surface area contributed by atoms with Crippen molar-refractivity contribution >= 4 is 5.69 Å². The molecule has 5 heteroatoms. The molecule has 0 amide bonds. The quantitative estimate of drug-likeness (QED) is 0.852. The second kappa shape index (κ2) is 5.51. The number of rotatable bonds is 3. The molecular weight excluding hydrogens is 218 g/mol. The van der Waals surface area contributed by atoms with Crippen LogP contribution in [0, 0.1) is 17.2 Å². The lowest BCUT2D eigenvalue weighted by atomic mass is 10.0. The fraction of sp³-hybridized carbons (Fsp3) is 0.500. The van der Waals surface area contributed by atoms with E-state index in [1.165, 1.54) is 6.20 Å². The average molecular weight is 233 g/mol. The van der Waals surface area contributed by atoms with Crippen molar-refractivity contribution in [2.75, 3.05) is 25.6 Å². The first-order valence-corrected chi connectivity index (χ1v) is 5.66. The van der Waals surface area contributed by atoms with Crippen LogP contribution in [0.3, 0.4) is 0 Å². The molecule has 90 valence electrons. The summed E-state index contributed by atoms with van der Waals surface area (Å²) in [5.74, 6) is 0.850. The lowest BCUT2D eigenvalue weighted by molar-refractivity contribution is 0.0490. The number of pyridine rings is 1. The van der Waals surface area contributed by atoms with Gasteiger partial charge in [-0.1, -0.05) is 0 Å². The van der Waals surface area contributed by atoms with E-state index in [1.807, 2.05) is 6.07 Å². The third kappa shape index (κ3) is 3.08. The van der Waals surface area contributed by atoms with Gasteiger partial charge < -0.3 is 15.2 Å². The van der Waals surface area contributed by atoms with Crippen LogP contribution in [0.25, 0.3) is 0 Å². The van der Waals surface area contributed by atoms with E-state index >= 15 is 0 Å². The van der Waals surface area contributed by atoms with Crippen molar-refractivity contribution in [3.8, 4) is 11.9 Å². The van der Waals surface area contributed by atoms with Crippen LogP contribution < -0.4 is 10.5 Å². The van der Waals surface area contributed by atoms with Gasteiger partial charge in [0.25, 0.3) is 0 Å². The van der Waals surface area contributed by atoms with Gasteiger partial charge >= 0.3 is 0 Å². The van der Waals surface area contributed by atoms with Gasteiger partial charge in [-0.2, -0.15) is 5.26 Å². The first kappa shape index (κ1) is 11.7. The highest BCUT2D eigenvalue weighted by atomic mass is 16.5. The van der Waals surface area contributed by atoms with E-state index in [1.54, 1.807) is 6.07 Å². The van der Waals surface area contributed by atoms with Crippen LogP contribution in [0.15, 0.2) is 12.3 Å². The minimum absolute atomic E-state index is 0.369. The van der Waals surface area contributed by atoms with Crippen LogP contribution in [0.5, 0.6) is 5.88 Å². The number of ether oxygens (including phenoxy) is 2. The number of nitrogens with zero attached hydrogens (tertiary/aromatic N) is 2. The SMILES string of the molecule is N#Cc1cc(N)cnc1OCC1CCOCC1. The van der Waals surface area contributed by atoms with E-state index in [2.05, 4.69) is 4.98 Å². The number of nitrogen functional groups attached to an aromatic ring is 1. The number of nitrogens with two attached hydrogens (primary N) is 1. The summed E-state index contributed by atoms with van der Waals surface area (Å²) in [5.41, 5.74) is 6.41. The zero-order valence-corrected chi connectivity index (χ0v) is 9.56. The summed E-state index contributed by atoms with van der Waals surface area (Å²) in [4.78, 5) is 4.03. The maximum atomic E-state index is 8.93. The highest BCUT2D eigenvalue weighted by Crippen LogP contribution is 2.20. The normalized spacial score (nSPS) is 16.4. The minimum atomic E-state index is 0.369. The minimum Gasteiger partial charge on any atom is -0.476 e. The molecule has 17 heavy (non-hydrogen) atoms. The second-order valence-electron chi connectivity index (χ2n) is 4.10. The van der Waals surface area contributed by atoms with Crippen LogP contribution in [0.4, 0.5) is 5.69 Å². The molecule has 1 aromatic rings. The largest absolute Gasteiger partial charge is 0.476 e. The van der Waals surface area contributed by atoms with Gasteiger partial charge in [-0.25, -0.2) is 4.98 Å². The molecule has 1 aliphatic heterocycles. The van der Waals surface area contributed by atoms with Crippen molar-refractivity contribution in [2.45, 2.75) is 12.8 Å². The van der Waals surface area contributed by atoms with E-state index in [4.69, 9.17) is 20.5 Å². The van der Waals surface area contributed by atoms with E-state index in [-0.39, 0.29) is 0 Å². The van der Waals surface area contributed by atoms with Crippen LogP contribution in [-0.2, 0) is 4.74 Å². The molecule has 0 aliphatic carbocycles. The summed E-state index contributed by atoms with van der Waals surface area (Å²) in [5, 5.41) is 8.93. The molecule has 0 unspecified atom stereocenters. The Morgan fingerprint density at radius 3 is 3.00 bits per heavy atom. The fourth-order valence-electron chi connectivity index (χ4n) is 1.77. The lowest BCUT2D eigenvalue weighted by Crippen LogP contribution is -2.21. The standard InChI is InChI=1S/C12H15N3O2/c13-6-10-5-11(14)7-15-12(10)17-8-9-1-3-16-4-2-9/h5,7,9H,1-4,8,14H2. The highest BCUT2D eigenvalue weighted by Gasteiger charge is 2.15. The predicted octanol–water partition coefficient (Wildman–Crippen LogP) is 1.34. The molecule has 2 N–H and O–H groups in total. The van der Waals surface area contributed by atoms with E-state index < -0.39 is 0 Å². The van der Waals surface area contributed by atoms with Crippen molar-refractivity contribution in [3.63, 3.8) is 0 Å². The molecule has 1 aromatic heterocycles. The smallest absolute Gasteiger partial charge is 0.231 e. The molecule has 0 spiro atoms. The van der Waals surface area contributed by atoms with Crippen molar-refractivity contribution in [2.24, 2.45) is 5.92 Å². The topological polar surface area (TPSA) is 81.2 Å². The molecule has 1 aliphatic rings. The Labute approximate surface area is 100 Å². The molecule has 0 bridgehead atoms. The van der Waals surface area contributed by atoms with Crippen molar-refractivity contribution < 1.29 is 9.47 Å². The van der Waals surface area contributed by atoms with E-state index in [0.29, 0.717) is 29.7 Å². The van der Waals surface area contributed by atoms with E-state index in [9.17, 15) is 0 Å². The molecule has 1 saturated heterocycles. The first-order valence-electron chi connectivity index (χ1n) is 5.66. The Kier molecular flexibility index (Phi) is 3.78. The van der Waals surface area contributed by atoms with Gasteiger partial charge in [-0.3, -0.25) is 0 Å². The second-order valence-corrected chi connectivity index (χ2v) is 4.10. The molecule has 0 atom stereocenters. The van der Waals surface area contributed by atoms with Crippen molar-refractivity contribution in [3.05, 3.63) is 17.8 Å². The number of hydrogen-bond donors (Lipinski definition) is 1.